The van der Waals surface area contributed by atoms with Gasteiger partial charge in [-0.05, 0) is 43.6 Å². The highest BCUT2D eigenvalue weighted by atomic mass is 35.5. The average molecular weight is 389 g/mol. The van der Waals surface area contributed by atoms with E-state index in [1.54, 1.807) is 7.11 Å². The number of carbonyl (C=O) groups excluding carboxylic acids is 2. The molecule has 1 fully saturated rings. The van der Waals surface area contributed by atoms with E-state index in [0.29, 0.717) is 24.3 Å². The molecule has 0 bridgehead atoms. The van der Waals surface area contributed by atoms with Crippen LogP contribution in [0.15, 0.2) is 24.3 Å². The van der Waals surface area contributed by atoms with E-state index in [9.17, 15) is 9.59 Å². The Balaban J connectivity index is 0.00000312. The standard InChI is InChI=1S/C17H24N2O4S.ClH/c1-22-15(20)12-24-11-13-4-3-5-14(10-13)19-16(21)17(23-2)6-8-18-9-7-17;/h3-5,10,18H,6-9,11-12H2,1-2H3,(H,19,21);1H. The number of anilines is 1. The van der Waals surface area contributed by atoms with Gasteiger partial charge in [0.25, 0.3) is 5.91 Å². The highest BCUT2D eigenvalue weighted by Crippen LogP contribution is 2.25. The van der Waals surface area contributed by atoms with Crippen LogP contribution in [0.1, 0.15) is 18.4 Å². The molecule has 1 aliphatic rings. The summed E-state index contributed by atoms with van der Waals surface area (Å²) in [5, 5.41) is 6.20. The van der Waals surface area contributed by atoms with Crippen molar-refractivity contribution in [2.24, 2.45) is 0 Å². The van der Waals surface area contributed by atoms with Crippen LogP contribution in [0.5, 0.6) is 0 Å². The van der Waals surface area contributed by atoms with E-state index in [1.807, 2.05) is 24.3 Å². The molecule has 1 heterocycles. The first kappa shape index (κ1) is 21.8. The smallest absolute Gasteiger partial charge is 0.315 e. The summed E-state index contributed by atoms with van der Waals surface area (Å²) in [7, 11) is 2.97. The van der Waals surface area contributed by atoms with Crippen LogP contribution in [0.4, 0.5) is 5.69 Å². The van der Waals surface area contributed by atoms with Crippen molar-refractivity contribution in [3.63, 3.8) is 0 Å². The second-order valence-electron chi connectivity index (χ2n) is 5.67. The molecule has 6 nitrogen and oxygen atoms in total. The Morgan fingerprint density at radius 3 is 2.64 bits per heavy atom. The van der Waals surface area contributed by atoms with E-state index in [4.69, 9.17) is 4.74 Å². The number of benzene rings is 1. The van der Waals surface area contributed by atoms with E-state index in [1.165, 1.54) is 18.9 Å². The molecule has 2 N–H and O–H groups in total. The topological polar surface area (TPSA) is 76.7 Å². The first-order chi connectivity index (χ1) is 11.6. The van der Waals surface area contributed by atoms with Gasteiger partial charge in [-0.2, -0.15) is 0 Å². The van der Waals surface area contributed by atoms with Crippen molar-refractivity contribution in [2.75, 3.05) is 38.4 Å². The van der Waals surface area contributed by atoms with Crippen molar-refractivity contribution in [2.45, 2.75) is 24.2 Å². The second kappa shape index (κ2) is 10.7. The molecule has 0 saturated carbocycles. The van der Waals surface area contributed by atoms with Gasteiger partial charge in [-0.25, -0.2) is 0 Å². The number of amides is 1. The minimum Gasteiger partial charge on any atom is -0.468 e. The van der Waals surface area contributed by atoms with Crippen LogP contribution < -0.4 is 10.6 Å². The largest absolute Gasteiger partial charge is 0.468 e. The van der Waals surface area contributed by atoms with Gasteiger partial charge in [0.2, 0.25) is 0 Å². The number of methoxy groups -OCH3 is 2. The molecule has 0 unspecified atom stereocenters. The first-order valence-electron chi connectivity index (χ1n) is 7.90. The number of hydrogen-bond donors (Lipinski definition) is 2. The monoisotopic (exact) mass is 388 g/mol. The lowest BCUT2D eigenvalue weighted by atomic mass is 9.91. The molecular formula is C17H25ClN2O4S. The normalized spacial score (nSPS) is 15.8. The van der Waals surface area contributed by atoms with Crippen LogP contribution >= 0.6 is 24.2 Å². The maximum absolute atomic E-state index is 12.6. The van der Waals surface area contributed by atoms with Crippen LogP contribution in [0, 0.1) is 0 Å². The Morgan fingerprint density at radius 2 is 2.00 bits per heavy atom. The SMILES string of the molecule is COC(=O)CSCc1cccc(NC(=O)C2(OC)CCNCC2)c1.Cl. The zero-order valence-corrected chi connectivity index (χ0v) is 16.1. The minimum absolute atomic E-state index is 0. The number of piperidine rings is 1. The first-order valence-corrected chi connectivity index (χ1v) is 9.06. The fraction of sp³-hybridized carbons (Fsp3) is 0.529. The lowest BCUT2D eigenvalue weighted by Gasteiger charge is -2.34. The molecule has 1 amide bonds. The van der Waals surface area contributed by atoms with Crippen LogP contribution in [0.2, 0.25) is 0 Å². The van der Waals surface area contributed by atoms with Crippen molar-refractivity contribution in [1.29, 1.82) is 0 Å². The molecule has 8 heteroatoms. The Morgan fingerprint density at radius 1 is 1.28 bits per heavy atom. The third-order valence-electron chi connectivity index (χ3n) is 4.12. The van der Waals surface area contributed by atoms with E-state index in [-0.39, 0.29) is 24.3 Å². The molecule has 1 aliphatic heterocycles. The molecule has 0 spiro atoms. The maximum Gasteiger partial charge on any atom is 0.315 e. The molecule has 0 aromatic heterocycles. The number of carbonyl (C=O) groups is 2. The number of rotatable bonds is 7. The summed E-state index contributed by atoms with van der Waals surface area (Å²) in [5.74, 6) is 0.647. The fourth-order valence-electron chi connectivity index (χ4n) is 2.65. The Hall–Kier alpha value is -1.28. The summed E-state index contributed by atoms with van der Waals surface area (Å²) < 4.78 is 10.2. The quantitative estimate of drug-likeness (QED) is 0.697. The molecular weight excluding hydrogens is 364 g/mol. The highest BCUT2D eigenvalue weighted by molar-refractivity contribution is 7.99. The van der Waals surface area contributed by atoms with Gasteiger partial charge in [0.05, 0.1) is 12.9 Å². The zero-order valence-electron chi connectivity index (χ0n) is 14.5. The van der Waals surface area contributed by atoms with Crippen molar-refractivity contribution in [1.82, 2.24) is 5.32 Å². The minimum atomic E-state index is -0.763. The fourth-order valence-corrected chi connectivity index (χ4v) is 3.45. The Bertz CT molecular complexity index is 580. The van der Waals surface area contributed by atoms with Crippen molar-refractivity contribution < 1.29 is 19.1 Å². The van der Waals surface area contributed by atoms with Gasteiger partial charge in [0, 0.05) is 18.6 Å². The van der Waals surface area contributed by atoms with E-state index >= 15 is 0 Å². The van der Waals surface area contributed by atoms with Crippen LogP contribution in [-0.2, 0) is 24.8 Å². The third kappa shape index (κ3) is 6.18. The Labute approximate surface area is 158 Å². The van der Waals surface area contributed by atoms with Crippen molar-refractivity contribution >= 4 is 41.7 Å². The lowest BCUT2D eigenvalue weighted by molar-refractivity contribution is -0.140. The van der Waals surface area contributed by atoms with Crippen LogP contribution in [0.3, 0.4) is 0 Å². The molecule has 25 heavy (non-hydrogen) atoms. The highest BCUT2D eigenvalue weighted by Gasteiger charge is 2.39. The van der Waals surface area contributed by atoms with Gasteiger partial charge in [-0.3, -0.25) is 9.59 Å². The van der Waals surface area contributed by atoms with E-state index in [2.05, 4.69) is 15.4 Å². The third-order valence-corrected chi connectivity index (χ3v) is 5.09. The number of ether oxygens (including phenoxy) is 2. The van der Waals surface area contributed by atoms with E-state index < -0.39 is 5.60 Å². The predicted octanol–water partition coefficient (Wildman–Crippen LogP) is 2.22. The number of hydrogen-bond acceptors (Lipinski definition) is 6. The number of halogens is 1. The van der Waals surface area contributed by atoms with E-state index in [0.717, 1.165) is 24.3 Å². The van der Waals surface area contributed by atoms with Crippen molar-refractivity contribution in [3.8, 4) is 0 Å². The molecule has 1 aromatic carbocycles. The summed E-state index contributed by atoms with van der Waals surface area (Å²) in [6, 6.07) is 7.64. The maximum atomic E-state index is 12.6. The summed E-state index contributed by atoms with van der Waals surface area (Å²) in [4.78, 5) is 23.8. The van der Waals surface area contributed by atoms with Gasteiger partial charge in [-0.15, -0.1) is 24.2 Å². The molecule has 1 aromatic rings. The predicted molar refractivity (Wildman–Crippen MR) is 102 cm³/mol. The van der Waals surface area contributed by atoms with Crippen LogP contribution in [0.25, 0.3) is 0 Å². The van der Waals surface area contributed by atoms with Gasteiger partial charge in [0.15, 0.2) is 0 Å². The van der Waals surface area contributed by atoms with Crippen LogP contribution in [-0.4, -0.2) is 50.5 Å². The molecule has 1 saturated heterocycles. The van der Waals surface area contributed by atoms with Gasteiger partial charge >= 0.3 is 5.97 Å². The molecule has 2 rings (SSSR count). The summed E-state index contributed by atoms with van der Waals surface area (Å²) in [5.41, 5.74) is 1.02. The number of thioether (sulfide) groups is 1. The molecule has 0 radical (unpaired) electrons. The summed E-state index contributed by atoms with van der Waals surface area (Å²) >= 11 is 1.48. The number of esters is 1. The summed E-state index contributed by atoms with van der Waals surface area (Å²) in [6.45, 7) is 1.54. The lowest BCUT2D eigenvalue weighted by Crippen LogP contribution is -2.51. The molecule has 140 valence electrons. The van der Waals surface area contributed by atoms with Crippen molar-refractivity contribution in [3.05, 3.63) is 29.8 Å². The summed E-state index contributed by atoms with van der Waals surface area (Å²) in [6.07, 6.45) is 1.31. The Kier molecular flexibility index (Phi) is 9.27. The molecule has 0 aliphatic carbocycles. The average Bonchev–Trinajstić information content (AvgIpc) is 2.62. The van der Waals surface area contributed by atoms with Gasteiger partial charge in [0.1, 0.15) is 5.60 Å². The molecule has 0 atom stereocenters. The van der Waals surface area contributed by atoms with Gasteiger partial charge < -0.3 is 20.1 Å². The zero-order chi connectivity index (χ0) is 17.4. The second-order valence-corrected chi connectivity index (χ2v) is 6.66. The van der Waals surface area contributed by atoms with Gasteiger partial charge in [-0.1, -0.05) is 12.1 Å². The number of nitrogens with one attached hydrogen (secondary N) is 2.